The number of hydrogen-bond donors (Lipinski definition) is 0. The van der Waals surface area contributed by atoms with Gasteiger partial charge in [0.2, 0.25) is 0 Å². The van der Waals surface area contributed by atoms with Crippen LogP contribution in [0.1, 0.15) is 31.9 Å². The van der Waals surface area contributed by atoms with Gasteiger partial charge in [-0.05, 0) is 29.5 Å². The van der Waals surface area contributed by atoms with Crippen LogP contribution in [0.3, 0.4) is 0 Å². The van der Waals surface area contributed by atoms with Crippen LogP contribution in [0.5, 0.6) is 5.75 Å². The van der Waals surface area contributed by atoms with Crippen LogP contribution in [0.4, 0.5) is 0 Å². The summed E-state index contributed by atoms with van der Waals surface area (Å²) in [6.07, 6.45) is 0. The van der Waals surface area contributed by atoms with E-state index in [1.807, 2.05) is 0 Å². The molecule has 1 aromatic carbocycles. The van der Waals surface area contributed by atoms with Crippen LogP contribution in [-0.2, 0) is 10.2 Å². The zero-order chi connectivity index (χ0) is 14.6. The lowest BCUT2D eigenvalue weighted by Crippen LogP contribution is -2.38. The summed E-state index contributed by atoms with van der Waals surface area (Å²) in [4.78, 5) is 2.40. The molecule has 0 bridgehead atoms. The lowest BCUT2D eigenvalue weighted by atomic mass is 9.86. The molecule has 20 heavy (non-hydrogen) atoms. The van der Waals surface area contributed by atoms with Crippen LogP contribution in [0, 0.1) is 6.92 Å². The average molecular weight is 277 g/mol. The SMILES string of the molecule is Cc1ccc(C(C)(C)C)c(OCCN2CCOCC2)c1. The van der Waals surface area contributed by atoms with Crippen molar-refractivity contribution in [3.63, 3.8) is 0 Å². The van der Waals surface area contributed by atoms with Crippen molar-refractivity contribution in [2.45, 2.75) is 33.1 Å². The predicted octanol–water partition coefficient (Wildman–Crippen LogP) is 3.00. The lowest BCUT2D eigenvalue weighted by Gasteiger charge is -2.27. The minimum Gasteiger partial charge on any atom is -0.492 e. The van der Waals surface area contributed by atoms with Crippen LogP contribution in [-0.4, -0.2) is 44.4 Å². The Morgan fingerprint density at radius 2 is 1.90 bits per heavy atom. The fourth-order valence-electron chi connectivity index (χ4n) is 2.48. The minimum absolute atomic E-state index is 0.113. The number of morpholine rings is 1. The molecule has 0 amide bonds. The van der Waals surface area contributed by atoms with Gasteiger partial charge < -0.3 is 9.47 Å². The van der Waals surface area contributed by atoms with Gasteiger partial charge in [-0.25, -0.2) is 0 Å². The Morgan fingerprint density at radius 1 is 1.20 bits per heavy atom. The maximum Gasteiger partial charge on any atom is 0.123 e. The van der Waals surface area contributed by atoms with E-state index >= 15 is 0 Å². The highest BCUT2D eigenvalue weighted by Crippen LogP contribution is 2.32. The molecule has 112 valence electrons. The molecule has 0 spiro atoms. The number of ether oxygens (including phenoxy) is 2. The molecule has 1 aliphatic heterocycles. The fourth-order valence-corrected chi connectivity index (χ4v) is 2.48. The molecule has 1 aliphatic rings. The van der Waals surface area contributed by atoms with Gasteiger partial charge in [0.15, 0.2) is 0 Å². The highest BCUT2D eigenvalue weighted by atomic mass is 16.5. The molecule has 1 aromatic rings. The Morgan fingerprint density at radius 3 is 2.55 bits per heavy atom. The summed E-state index contributed by atoms with van der Waals surface area (Å²) >= 11 is 0. The van der Waals surface area contributed by atoms with Crippen LogP contribution in [0.2, 0.25) is 0 Å². The first-order valence-electron chi connectivity index (χ1n) is 7.51. The molecular weight excluding hydrogens is 250 g/mol. The third-order valence-corrected chi connectivity index (χ3v) is 3.71. The van der Waals surface area contributed by atoms with Crippen LogP contribution >= 0.6 is 0 Å². The molecule has 3 heteroatoms. The Balaban J connectivity index is 1.95. The summed E-state index contributed by atoms with van der Waals surface area (Å²) in [6, 6.07) is 6.51. The summed E-state index contributed by atoms with van der Waals surface area (Å²) < 4.78 is 11.4. The van der Waals surface area contributed by atoms with Gasteiger partial charge in [-0.1, -0.05) is 32.9 Å². The van der Waals surface area contributed by atoms with Gasteiger partial charge >= 0.3 is 0 Å². The van der Waals surface area contributed by atoms with E-state index in [2.05, 4.69) is 50.8 Å². The summed E-state index contributed by atoms with van der Waals surface area (Å²) in [5, 5.41) is 0. The number of rotatable bonds is 4. The van der Waals surface area contributed by atoms with Crippen molar-refractivity contribution >= 4 is 0 Å². The summed E-state index contributed by atoms with van der Waals surface area (Å²) in [6.45, 7) is 14.2. The maximum absolute atomic E-state index is 6.06. The molecular formula is C17H27NO2. The van der Waals surface area contributed by atoms with Crippen LogP contribution in [0.15, 0.2) is 18.2 Å². The van der Waals surface area contributed by atoms with E-state index in [9.17, 15) is 0 Å². The Kier molecular flexibility index (Phi) is 5.06. The maximum atomic E-state index is 6.06. The molecule has 0 saturated carbocycles. The monoisotopic (exact) mass is 277 g/mol. The minimum atomic E-state index is 0.113. The van der Waals surface area contributed by atoms with Crippen molar-refractivity contribution in [2.75, 3.05) is 39.5 Å². The van der Waals surface area contributed by atoms with Gasteiger partial charge in [0, 0.05) is 19.6 Å². The summed E-state index contributed by atoms with van der Waals surface area (Å²) in [5.74, 6) is 1.03. The lowest BCUT2D eigenvalue weighted by molar-refractivity contribution is 0.0321. The van der Waals surface area contributed by atoms with Crippen molar-refractivity contribution in [3.05, 3.63) is 29.3 Å². The second-order valence-electron chi connectivity index (χ2n) is 6.55. The van der Waals surface area contributed by atoms with E-state index in [-0.39, 0.29) is 5.41 Å². The third kappa shape index (κ3) is 4.22. The topological polar surface area (TPSA) is 21.7 Å². The van der Waals surface area contributed by atoms with E-state index in [1.54, 1.807) is 0 Å². The average Bonchev–Trinajstić information content (AvgIpc) is 2.38. The van der Waals surface area contributed by atoms with Crippen molar-refractivity contribution < 1.29 is 9.47 Å². The van der Waals surface area contributed by atoms with E-state index in [1.165, 1.54) is 11.1 Å². The van der Waals surface area contributed by atoms with Crippen molar-refractivity contribution in [1.29, 1.82) is 0 Å². The molecule has 0 N–H and O–H groups in total. The first kappa shape index (κ1) is 15.3. The van der Waals surface area contributed by atoms with Gasteiger partial charge in [-0.15, -0.1) is 0 Å². The van der Waals surface area contributed by atoms with Crippen molar-refractivity contribution in [1.82, 2.24) is 4.90 Å². The standard InChI is InChI=1S/C17H27NO2/c1-14-5-6-15(17(2,3)4)16(13-14)20-12-9-18-7-10-19-11-8-18/h5-6,13H,7-12H2,1-4H3. The molecule has 0 aromatic heterocycles. The first-order valence-corrected chi connectivity index (χ1v) is 7.51. The first-order chi connectivity index (χ1) is 9.47. The van der Waals surface area contributed by atoms with Crippen LogP contribution in [0.25, 0.3) is 0 Å². The normalized spacial score (nSPS) is 17.2. The Hall–Kier alpha value is -1.06. The molecule has 0 aliphatic carbocycles. The third-order valence-electron chi connectivity index (χ3n) is 3.71. The molecule has 3 nitrogen and oxygen atoms in total. The van der Waals surface area contributed by atoms with Crippen LogP contribution < -0.4 is 4.74 Å². The van der Waals surface area contributed by atoms with E-state index in [4.69, 9.17) is 9.47 Å². The van der Waals surface area contributed by atoms with Gasteiger partial charge in [-0.3, -0.25) is 4.90 Å². The fraction of sp³-hybridized carbons (Fsp3) is 0.647. The quantitative estimate of drug-likeness (QED) is 0.844. The Labute approximate surface area is 122 Å². The zero-order valence-electron chi connectivity index (χ0n) is 13.2. The van der Waals surface area contributed by atoms with Gasteiger partial charge in [-0.2, -0.15) is 0 Å². The predicted molar refractivity (Wildman–Crippen MR) is 82.6 cm³/mol. The van der Waals surface area contributed by atoms with Gasteiger partial charge in [0.05, 0.1) is 13.2 Å². The van der Waals surface area contributed by atoms with E-state index in [0.29, 0.717) is 0 Å². The molecule has 0 radical (unpaired) electrons. The highest BCUT2D eigenvalue weighted by Gasteiger charge is 2.19. The molecule has 0 atom stereocenters. The highest BCUT2D eigenvalue weighted by molar-refractivity contribution is 5.41. The molecule has 0 unspecified atom stereocenters. The molecule has 1 heterocycles. The van der Waals surface area contributed by atoms with Gasteiger partial charge in [0.1, 0.15) is 12.4 Å². The molecule has 1 fully saturated rings. The number of hydrogen-bond acceptors (Lipinski definition) is 3. The summed E-state index contributed by atoms with van der Waals surface area (Å²) in [7, 11) is 0. The number of aryl methyl sites for hydroxylation is 1. The molecule has 1 saturated heterocycles. The number of nitrogens with zero attached hydrogens (tertiary/aromatic N) is 1. The van der Waals surface area contributed by atoms with E-state index < -0.39 is 0 Å². The second kappa shape index (κ2) is 6.59. The Bertz CT molecular complexity index is 431. The smallest absolute Gasteiger partial charge is 0.123 e. The van der Waals surface area contributed by atoms with E-state index in [0.717, 1.165) is 45.2 Å². The second-order valence-corrected chi connectivity index (χ2v) is 6.55. The largest absolute Gasteiger partial charge is 0.492 e. The number of benzene rings is 1. The summed E-state index contributed by atoms with van der Waals surface area (Å²) in [5.41, 5.74) is 2.64. The van der Waals surface area contributed by atoms with Gasteiger partial charge in [0.25, 0.3) is 0 Å². The van der Waals surface area contributed by atoms with Crippen molar-refractivity contribution in [2.24, 2.45) is 0 Å². The molecule has 2 rings (SSSR count). The zero-order valence-corrected chi connectivity index (χ0v) is 13.2. The van der Waals surface area contributed by atoms with Crippen molar-refractivity contribution in [3.8, 4) is 5.75 Å².